The number of carbonyl (C=O) groups excluding carboxylic acids is 2. The van der Waals surface area contributed by atoms with E-state index < -0.39 is 11.9 Å². The van der Waals surface area contributed by atoms with Gasteiger partial charge in [-0.1, -0.05) is 31.4 Å². The van der Waals surface area contributed by atoms with E-state index in [0.29, 0.717) is 26.4 Å². The minimum absolute atomic E-state index is 0.236. The molecule has 1 aromatic rings. The normalized spacial score (nSPS) is 9.04. The average molecular weight is 336 g/mol. The number of benzene rings is 1. The third-order valence-corrected chi connectivity index (χ3v) is 2.35. The van der Waals surface area contributed by atoms with Crippen molar-refractivity contribution < 1.29 is 28.5 Å². The van der Waals surface area contributed by atoms with Crippen LogP contribution in [0.15, 0.2) is 55.6 Å². The van der Waals surface area contributed by atoms with Crippen molar-refractivity contribution in [2.24, 2.45) is 0 Å². The fourth-order valence-electron chi connectivity index (χ4n) is 1.28. The summed E-state index contributed by atoms with van der Waals surface area (Å²) >= 11 is 0. The summed E-state index contributed by atoms with van der Waals surface area (Å²) in [5, 5.41) is 0. The van der Waals surface area contributed by atoms with Gasteiger partial charge in [0.2, 0.25) is 0 Å². The lowest BCUT2D eigenvalue weighted by Gasteiger charge is -2.05. The van der Waals surface area contributed by atoms with Gasteiger partial charge in [0, 0.05) is 18.8 Å². The molecule has 0 aliphatic rings. The van der Waals surface area contributed by atoms with Gasteiger partial charge in [-0.25, -0.2) is 9.59 Å². The Morgan fingerprint density at radius 2 is 1.46 bits per heavy atom. The average Bonchev–Trinajstić information content (AvgIpc) is 2.63. The summed E-state index contributed by atoms with van der Waals surface area (Å²) in [6, 6.07) is 9.35. The molecule has 132 valence electrons. The lowest BCUT2D eigenvalue weighted by atomic mass is 10.3. The highest BCUT2D eigenvalue weighted by atomic mass is 16.6. The molecular weight excluding hydrogens is 312 g/mol. The number of esters is 2. The summed E-state index contributed by atoms with van der Waals surface area (Å²) in [6.07, 6.45) is 2.26. The largest absolute Gasteiger partial charge is 0.490 e. The Morgan fingerprint density at radius 1 is 0.917 bits per heavy atom. The zero-order chi connectivity index (χ0) is 18.0. The van der Waals surface area contributed by atoms with Crippen molar-refractivity contribution in [2.75, 3.05) is 33.0 Å². The van der Waals surface area contributed by atoms with Crippen LogP contribution in [0.4, 0.5) is 0 Å². The van der Waals surface area contributed by atoms with E-state index in [1.165, 1.54) is 0 Å². The first-order valence-electron chi connectivity index (χ1n) is 7.48. The van der Waals surface area contributed by atoms with E-state index in [1.807, 2.05) is 37.3 Å². The molecule has 0 aromatic heterocycles. The molecule has 1 rings (SSSR count). The Labute approximate surface area is 142 Å². The molecule has 1 aromatic carbocycles. The van der Waals surface area contributed by atoms with E-state index >= 15 is 0 Å². The van der Waals surface area contributed by atoms with Crippen molar-refractivity contribution in [3.63, 3.8) is 0 Å². The smallest absolute Gasteiger partial charge is 0.330 e. The molecule has 0 amide bonds. The Bertz CT molecular complexity index is 484. The predicted octanol–water partition coefficient (Wildman–Crippen LogP) is 2.55. The van der Waals surface area contributed by atoms with E-state index in [9.17, 15) is 9.59 Å². The van der Waals surface area contributed by atoms with Gasteiger partial charge < -0.3 is 18.9 Å². The molecule has 0 radical (unpaired) electrons. The van der Waals surface area contributed by atoms with Gasteiger partial charge in [-0.15, -0.1) is 0 Å². The van der Waals surface area contributed by atoms with Crippen LogP contribution in [0.25, 0.3) is 0 Å². The Balaban J connectivity index is 0.000000470. The molecule has 6 heteroatoms. The van der Waals surface area contributed by atoms with Crippen molar-refractivity contribution in [2.45, 2.75) is 6.92 Å². The lowest BCUT2D eigenvalue weighted by Crippen LogP contribution is -2.09. The summed E-state index contributed by atoms with van der Waals surface area (Å²) in [7, 11) is 0. The maximum Gasteiger partial charge on any atom is 0.330 e. The molecule has 0 atom stereocenters. The molecule has 0 saturated carbocycles. The van der Waals surface area contributed by atoms with Crippen LogP contribution < -0.4 is 4.74 Å². The molecule has 0 aliphatic carbocycles. The van der Waals surface area contributed by atoms with Crippen molar-refractivity contribution in [3.8, 4) is 5.75 Å². The van der Waals surface area contributed by atoms with Crippen LogP contribution in [0.1, 0.15) is 6.92 Å². The molecule has 0 unspecified atom stereocenters. The summed E-state index contributed by atoms with van der Waals surface area (Å²) in [5.74, 6) is -0.0662. The minimum atomic E-state index is -0.429. The lowest BCUT2D eigenvalue weighted by molar-refractivity contribution is -0.139. The summed E-state index contributed by atoms with van der Waals surface area (Å²) < 4.78 is 19.5. The molecule has 6 nitrogen and oxygen atoms in total. The monoisotopic (exact) mass is 336 g/mol. The SMILES string of the molecule is C=CC(=O)OCCOCC.C=CC(=O)OCCOc1ccccc1. The quantitative estimate of drug-likeness (QED) is 0.371. The first-order valence-corrected chi connectivity index (χ1v) is 7.48. The van der Waals surface area contributed by atoms with Crippen molar-refractivity contribution in [1.29, 1.82) is 0 Å². The predicted molar refractivity (Wildman–Crippen MR) is 90.7 cm³/mol. The maximum absolute atomic E-state index is 10.6. The second kappa shape index (κ2) is 15.3. The number of carbonyl (C=O) groups is 2. The molecule has 0 bridgehead atoms. The van der Waals surface area contributed by atoms with Gasteiger partial charge in [-0.2, -0.15) is 0 Å². The van der Waals surface area contributed by atoms with Crippen molar-refractivity contribution in [3.05, 3.63) is 55.6 Å². The van der Waals surface area contributed by atoms with Crippen LogP contribution >= 0.6 is 0 Å². The standard InChI is InChI=1S/C11H12O3.C7H12O3/c1-2-11(12)14-9-8-13-10-6-4-3-5-7-10;1-3-7(8)10-6-5-9-4-2/h2-7H,1,8-9H2;3H,1,4-6H2,2H3. The Kier molecular flexibility index (Phi) is 13.6. The van der Waals surface area contributed by atoms with Crippen LogP contribution in [0.5, 0.6) is 5.75 Å². The summed E-state index contributed by atoms with van der Waals surface area (Å²) in [5.41, 5.74) is 0. The van der Waals surface area contributed by atoms with E-state index in [2.05, 4.69) is 17.9 Å². The molecule has 0 fully saturated rings. The van der Waals surface area contributed by atoms with Gasteiger partial charge in [0.25, 0.3) is 0 Å². The van der Waals surface area contributed by atoms with Gasteiger partial charge >= 0.3 is 11.9 Å². The second-order valence-corrected chi connectivity index (χ2v) is 4.10. The third-order valence-electron chi connectivity index (χ3n) is 2.35. The van der Waals surface area contributed by atoms with E-state index in [0.717, 1.165) is 17.9 Å². The topological polar surface area (TPSA) is 71.1 Å². The second-order valence-electron chi connectivity index (χ2n) is 4.10. The number of para-hydroxylation sites is 1. The van der Waals surface area contributed by atoms with Crippen molar-refractivity contribution >= 4 is 11.9 Å². The first kappa shape index (κ1) is 21.4. The molecule has 0 N–H and O–H groups in total. The van der Waals surface area contributed by atoms with Crippen LogP contribution in [0.3, 0.4) is 0 Å². The maximum atomic E-state index is 10.6. The van der Waals surface area contributed by atoms with E-state index in [-0.39, 0.29) is 6.61 Å². The van der Waals surface area contributed by atoms with Gasteiger partial charge in [-0.05, 0) is 19.1 Å². The first-order chi connectivity index (χ1) is 11.6. The summed E-state index contributed by atoms with van der Waals surface area (Å²) in [4.78, 5) is 21.0. The highest BCUT2D eigenvalue weighted by molar-refractivity contribution is 5.81. The van der Waals surface area contributed by atoms with E-state index in [4.69, 9.17) is 14.2 Å². The number of hydrogen-bond donors (Lipinski definition) is 0. The zero-order valence-electron chi connectivity index (χ0n) is 13.9. The van der Waals surface area contributed by atoms with Crippen LogP contribution in [0, 0.1) is 0 Å². The highest BCUT2D eigenvalue weighted by Gasteiger charge is 1.95. The molecule has 0 spiro atoms. The number of ether oxygens (including phenoxy) is 4. The van der Waals surface area contributed by atoms with Crippen LogP contribution in [-0.2, 0) is 23.8 Å². The van der Waals surface area contributed by atoms with Gasteiger partial charge in [0.1, 0.15) is 25.6 Å². The van der Waals surface area contributed by atoms with E-state index in [1.54, 1.807) is 0 Å². The fourth-order valence-corrected chi connectivity index (χ4v) is 1.28. The molecule has 0 saturated heterocycles. The van der Waals surface area contributed by atoms with Crippen molar-refractivity contribution in [1.82, 2.24) is 0 Å². The molecule has 0 aliphatic heterocycles. The van der Waals surface area contributed by atoms with Gasteiger partial charge in [-0.3, -0.25) is 0 Å². The van der Waals surface area contributed by atoms with Crippen LogP contribution in [-0.4, -0.2) is 45.0 Å². The molecule has 0 heterocycles. The highest BCUT2D eigenvalue weighted by Crippen LogP contribution is 2.07. The number of hydrogen-bond acceptors (Lipinski definition) is 6. The molecule has 24 heavy (non-hydrogen) atoms. The van der Waals surface area contributed by atoms with Gasteiger partial charge in [0.05, 0.1) is 6.61 Å². The zero-order valence-corrected chi connectivity index (χ0v) is 13.9. The third kappa shape index (κ3) is 13.1. The fraction of sp³-hybridized carbons (Fsp3) is 0.333. The van der Waals surface area contributed by atoms with Gasteiger partial charge in [0.15, 0.2) is 0 Å². The summed E-state index contributed by atoms with van der Waals surface area (Å²) in [6.45, 7) is 10.4. The Hall–Kier alpha value is -2.60. The minimum Gasteiger partial charge on any atom is -0.490 e. The van der Waals surface area contributed by atoms with Crippen LogP contribution in [0.2, 0.25) is 0 Å². The molecular formula is C18H24O6. The Morgan fingerprint density at radius 3 is 1.96 bits per heavy atom. The number of rotatable bonds is 10.